The first-order chi connectivity index (χ1) is 24.1. The molecule has 1 aliphatic rings. The van der Waals surface area contributed by atoms with E-state index in [1.807, 2.05) is 30.3 Å². The molecule has 0 saturated carbocycles. The second-order valence-electron chi connectivity index (χ2n) is 12.8. The third-order valence-electron chi connectivity index (χ3n) is 10.00. The normalized spacial score (nSPS) is 12.5. The van der Waals surface area contributed by atoms with Crippen molar-refractivity contribution in [2.45, 2.75) is 19.8 Å². The standard InChI is InChI=1S/C45H30N4/c1-29-13-23-43-39(25-29)40-26-30(27-46)14-24-44(40)49(43)45-34(28-47)7-6-10-36(45)33-17-15-31(16-18-33)32-19-21-35(22-20-32)48-41-11-4-2-8-37(41)38-9-3-5-12-42(38)48/h2-12,14-22,24-26H,13,23H2,1H3. The van der Waals surface area contributed by atoms with Gasteiger partial charge in [0.05, 0.1) is 39.4 Å². The molecule has 6 aromatic carbocycles. The van der Waals surface area contributed by atoms with Gasteiger partial charge in [-0.3, -0.25) is 0 Å². The molecule has 0 fully saturated rings. The lowest BCUT2D eigenvalue weighted by Crippen LogP contribution is -2.07. The lowest BCUT2D eigenvalue weighted by molar-refractivity contribution is 0.856. The Morgan fingerprint density at radius 1 is 0.551 bits per heavy atom. The molecule has 0 saturated heterocycles. The second-order valence-corrected chi connectivity index (χ2v) is 12.8. The molecule has 8 aromatic rings. The van der Waals surface area contributed by atoms with Crippen LogP contribution in [0.1, 0.15) is 35.7 Å². The molecule has 49 heavy (non-hydrogen) atoms. The van der Waals surface area contributed by atoms with Crippen molar-refractivity contribution in [1.29, 1.82) is 10.5 Å². The monoisotopic (exact) mass is 626 g/mol. The second kappa shape index (κ2) is 11.3. The first-order valence-corrected chi connectivity index (χ1v) is 16.6. The van der Waals surface area contributed by atoms with Gasteiger partial charge in [0.2, 0.25) is 0 Å². The van der Waals surface area contributed by atoms with E-state index in [2.05, 4.69) is 137 Å². The third kappa shape index (κ3) is 4.50. The van der Waals surface area contributed by atoms with Gasteiger partial charge in [-0.25, -0.2) is 0 Å². The van der Waals surface area contributed by atoms with Crippen LogP contribution in [0.25, 0.3) is 72.4 Å². The highest BCUT2D eigenvalue weighted by Gasteiger charge is 2.24. The van der Waals surface area contributed by atoms with E-state index >= 15 is 0 Å². The fraction of sp³-hybridized carbons (Fsp3) is 0.0667. The molecular weight excluding hydrogens is 597 g/mol. The Balaban J connectivity index is 1.13. The highest BCUT2D eigenvalue weighted by atomic mass is 15.0. The van der Waals surface area contributed by atoms with Crippen LogP contribution in [-0.2, 0) is 6.42 Å². The molecular formula is C45H30N4. The smallest absolute Gasteiger partial charge is 0.101 e. The van der Waals surface area contributed by atoms with Crippen molar-refractivity contribution in [3.05, 3.63) is 161 Å². The van der Waals surface area contributed by atoms with Crippen molar-refractivity contribution in [2.24, 2.45) is 0 Å². The van der Waals surface area contributed by atoms with E-state index in [9.17, 15) is 10.5 Å². The Labute approximate surface area is 284 Å². The third-order valence-corrected chi connectivity index (χ3v) is 10.00. The van der Waals surface area contributed by atoms with Crippen LogP contribution in [0.3, 0.4) is 0 Å². The Hall–Kier alpha value is -6.62. The average molecular weight is 627 g/mol. The molecule has 230 valence electrons. The Morgan fingerprint density at radius 3 is 1.86 bits per heavy atom. The zero-order valence-electron chi connectivity index (χ0n) is 27.0. The van der Waals surface area contributed by atoms with Crippen molar-refractivity contribution < 1.29 is 0 Å². The maximum atomic E-state index is 10.4. The molecule has 0 aliphatic heterocycles. The summed E-state index contributed by atoms with van der Waals surface area (Å²) in [6, 6.07) is 51.2. The van der Waals surface area contributed by atoms with Crippen LogP contribution in [0.15, 0.2) is 139 Å². The largest absolute Gasteiger partial charge is 0.311 e. The SMILES string of the molecule is CC1=Cc2c(n(-c3c(C#N)cccc3-c3ccc(-c4ccc(-n5c6ccccc6c6ccccc65)cc4)cc3)c3ccc(C#N)cc23)CC1. The van der Waals surface area contributed by atoms with Crippen LogP contribution in [0.4, 0.5) is 0 Å². The van der Waals surface area contributed by atoms with Gasteiger partial charge in [-0.2, -0.15) is 10.5 Å². The molecule has 0 unspecified atom stereocenters. The van der Waals surface area contributed by atoms with Gasteiger partial charge in [-0.1, -0.05) is 96.6 Å². The Morgan fingerprint density at radius 2 is 1.18 bits per heavy atom. The number of para-hydroxylation sites is 3. The van der Waals surface area contributed by atoms with E-state index in [-0.39, 0.29) is 0 Å². The first-order valence-electron chi connectivity index (χ1n) is 16.6. The summed E-state index contributed by atoms with van der Waals surface area (Å²) < 4.78 is 4.60. The van der Waals surface area contributed by atoms with Crippen LogP contribution >= 0.6 is 0 Å². The van der Waals surface area contributed by atoms with Gasteiger partial charge in [-0.15, -0.1) is 0 Å². The number of hydrogen-bond acceptors (Lipinski definition) is 2. The van der Waals surface area contributed by atoms with Crippen LogP contribution < -0.4 is 0 Å². The Bertz CT molecular complexity index is 2670. The molecule has 4 heteroatoms. The van der Waals surface area contributed by atoms with E-state index < -0.39 is 0 Å². The molecule has 0 N–H and O–H groups in total. The highest BCUT2D eigenvalue weighted by Crippen LogP contribution is 2.41. The first kappa shape index (κ1) is 28.6. The molecule has 0 bridgehead atoms. The fourth-order valence-corrected chi connectivity index (χ4v) is 7.69. The summed E-state index contributed by atoms with van der Waals surface area (Å²) in [5, 5.41) is 23.6. The molecule has 0 spiro atoms. The minimum absolute atomic E-state index is 0.623. The van der Waals surface area contributed by atoms with Gasteiger partial charge < -0.3 is 9.13 Å². The molecule has 2 aromatic heterocycles. The predicted molar refractivity (Wildman–Crippen MR) is 200 cm³/mol. The predicted octanol–water partition coefficient (Wildman–Crippen LogP) is 11.2. The summed E-state index contributed by atoms with van der Waals surface area (Å²) in [6.45, 7) is 2.16. The van der Waals surface area contributed by atoms with Crippen LogP contribution in [0.2, 0.25) is 0 Å². The van der Waals surface area contributed by atoms with E-state index in [1.54, 1.807) is 0 Å². The lowest BCUT2D eigenvalue weighted by atomic mass is 9.95. The molecule has 0 radical (unpaired) electrons. The van der Waals surface area contributed by atoms with E-state index in [1.165, 1.54) is 33.1 Å². The van der Waals surface area contributed by atoms with Crippen molar-refractivity contribution in [3.63, 3.8) is 0 Å². The number of nitrogens with zero attached hydrogens (tertiary/aromatic N) is 4. The topological polar surface area (TPSA) is 57.4 Å². The van der Waals surface area contributed by atoms with E-state index in [0.29, 0.717) is 11.1 Å². The van der Waals surface area contributed by atoms with Gasteiger partial charge >= 0.3 is 0 Å². The summed E-state index contributed by atoms with van der Waals surface area (Å²) in [6.07, 6.45) is 4.08. The van der Waals surface area contributed by atoms with Crippen molar-refractivity contribution in [3.8, 4) is 45.8 Å². The van der Waals surface area contributed by atoms with Crippen molar-refractivity contribution >= 4 is 38.8 Å². The van der Waals surface area contributed by atoms with Gasteiger partial charge in [0.25, 0.3) is 0 Å². The number of aromatic nitrogens is 2. The fourth-order valence-electron chi connectivity index (χ4n) is 7.69. The van der Waals surface area contributed by atoms with Crippen LogP contribution in [0.5, 0.6) is 0 Å². The summed E-state index contributed by atoms with van der Waals surface area (Å²) >= 11 is 0. The number of benzene rings is 6. The number of allylic oxidation sites excluding steroid dienone is 1. The quantitative estimate of drug-likeness (QED) is 0.195. The molecule has 0 atom stereocenters. The zero-order chi connectivity index (χ0) is 33.1. The highest BCUT2D eigenvalue weighted by molar-refractivity contribution is 6.09. The average Bonchev–Trinajstić information content (AvgIpc) is 3.66. The van der Waals surface area contributed by atoms with E-state index in [0.717, 1.165) is 62.9 Å². The maximum Gasteiger partial charge on any atom is 0.101 e. The Kier molecular flexibility index (Phi) is 6.57. The lowest BCUT2D eigenvalue weighted by Gasteiger charge is -2.19. The summed E-state index contributed by atoms with van der Waals surface area (Å²) in [5.74, 6) is 0. The number of hydrogen-bond donors (Lipinski definition) is 0. The number of nitriles is 2. The molecule has 0 amide bonds. The molecule has 2 heterocycles. The van der Waals surface area contributed by atoms with Gasteiger partial charge in [0, 0.05) is 38.7 Å². The minimum Gasteiger partial charge on any atom is -0.311 e. The van der Waals surface area contributed by atoms with Crippen molar-refractivity contribution in [1.82, 2.24) is 9.13 Å². The molecule has 4 nitrogen and oxygen atoms in total. The van der Waals surface area contributed by atoms with Gasteiger partial charge in [0.15, 0.2) is 0 Å². The summed E-state index contributed by atoms with van der Waals surface area (Å²) in [7, 11) is 0. The molecule has 9 rings (SSSR count). The number of rotatable bonds is 4. The maximum absolute atomic E-state index is 10.4. The number of fused-ring (bicyclic) bond motifs is 6. The van der Waals surface area contributed by atoms with Gasteiger partial charge in [0.1, 0.15) is 6.07 Å². The summed E-state index contributed by atoms with van der Waals surface area (Å²) in [5.41, 5.74) is 14.7. The van der Waals surface area contributed by atoms with E-state index in [4.69, 9.17) is 0 Å². The summed E-state index contributed by atoms with van der Waals surface area (Å²) in [4.78, 5) is 0. The van der Waals surface area contributed by atoms with Gasteiger partial charge in [-0.05, 0) is 85.0 Å². The minimum atomic E-state index is 0.623. The van der Waals surface area contributed by atoms with Crippen LogP contribution in [0, 0.1) is 22.7 Å². The zero-order valence-corrected chi connectivity index (χ0v) is 27.0. The van der Waals surface area contributed by atoms with Crippen molar-refractivity contribution in [2.75, 3.05) is 0 Å². The van der Waals surface area contributed by atoms with Crippen LogP contribution in [-0.4, -0.2) is 9.13 Å². The molecule has 1 aliphatic carbocycles.